The fourth-order valence-electron chi connectivity index (χ4n) is 3.53. The van der Waals surface area contributed by atoms with E-state index in [9.17, 15) is 22.8 Å². The minimum absolute atomic E-state index is 0.0130. The summed E-state index contributed by atoms with van der Waals surface area (Å²) in [5.74, 6) is -0.590. The molecule has 1 aliphatic heterocycles. The van der Waals surface area contributed by atoms with Gasteiger partial charge in [-0.2, -0.15) is 13.2 Å². The molecule has 1 amide bonds. The Balaban J connectivity index is 1.53. The van der Waals surface area contributed by atoms with Gasteiger partial charge in [0, 0.05) is 29.9 Å². The van der Waals surface area contributed by atoms with Gasteiger partial charge in [-0.25, -0.2) is 4.98 Å². The Morgan fingerprint density at radius 1 is 1.21 bits per heavy atom. The van der Waals surface area contributed by atoms with Crippen LogP contribution >= 0.6 is 0 Å². The topological polar surface area (TPSA) is 104 Å². The summed E-state index contributed by atoms with van der Waals surface area (Å²) in [6.45, 7) is 1.79. The number of fused-ring (bicyclic) bond motifs is 1. The first kappa shape index (κ1) is 23.2. The lowest BCUT2D eigenvalue weighted by Crippen LogP contribution is -2.19. The fraction of sp³-hybridized carbons (Fsp3) is 0.208. The van der Waals surface area contributed by atoms with E-state index in [0.29, 0.717) is 17.9 Å². The number of halogens is 3. The number of pyridine rings is 1. The Hall–Kier alpha value is -3.92. The molecule has 0 saturated carbocycles. The normalized spacial score (nSPS) is 15.3. The van der Waals surface area contributed by atoms with Gasteiger partial charge >= 0.3 is 12.1 Å². The van der Waals surface area contributed by atoms with Crippen LogP contribution in [0.5, 0.6) is 17.4 Å². The zero-order chi connectivity index (χ0) is 24.5. The van der Waals surface area contributed by atoms with E-state index in [2.05, 4.69) is 10.3 Å². The molecule has 7 nitrogen and oxygen atoms in total. The molecule has 176 valence electrons. The van der Waals surface area contributed by atoms with Crippen LogP contribution in [0.2, 0.25) is 0 Å². The number of anilines is 1. The number of nitrogens with one attached hydrogen (secondary N) is 1. The van der Waals surface area contributed by atoms with Crippen molar-refractivity contribution in [1.29, 1.82) is 0 Å². The molecule has 34 heavy (non-hydrogen) atoms. The van der Waals surface area contributed by atoms with E-state index < -0.39 is 17.8 Å². The van der Waals surface area contributed by atoms with E-state index in [-0.39, 0.29) is 41.2 Å². The van der Waals surface area contributed by atoms with Gasteiger partial charge in [0.2, 0.25) is 5.88 Å². The third kappa shape index (κ3) is 5.18. The average Bonchev–Trinajstić information content (AvgIpc) is 2.78. The number of carbonyl (C=O) groups excluding carboxylic acids is 2. The van der Waals surface area contributed by atoms with E-state index in [1.807, 2.05) is 6.92 Å². The van der Waals surface area contributed by atoms with Crippen LogP contribution in [0, 0.1) is 0 Å². The van der Waals surface area contributed by atoms with Gasteiger partial charge in [0.25, 0.3) is 5.91 Å². The summed E-state index contributed by atoms with van der Waals surface area (Å²) in [6.07, 6.45) is -4.37. The van der Waals surface area contributed by atoms with Gasteiger partial charge < -0.3 is 20.5 Å². The van der Waals surface area contributed by atoms with Crippen LogP contribution in [0.4, 0.5) is 18.9 Å². The second-order valence-electron chi connectivity index (χ2n) is 7.82. The fourth-order valence-corrected chi connectivity index (χ4v) is 3.53. The zero-order valence-electron chi connectivity index (χ0n) is 18.0. The van der Waals surface area contributed by atoms with Gasteiger partial charge in [-0.1, -0.05) is 19.1 Å². The van der Waals surface area contributed by atoms with Gasteiger partial charge in [0.1, 0.15) is 17.2 Å². The first-order chi connectivity index (χ1) is 16.1. The van der Waals surface area contributed by atoms with Crippen LogP contribution in [-0.2, 0) is 17.5 Å². The predicted octanol–water partition coefficient (Wildman–Crippen LogP) is 5.02. The Kier molecular flexibility index (Phi) is 6.25. The molecule has 0 fully saturated rings. The highest BCUT2D eigenvalue weighted by molar-refractivity contribution is 6.04. The second-order valence-corrected chi connectivity index (χ2v) is 7.82. The summed E-state index contributed by atoms with van der Waals surface area (Å²) in [6, 6.07) is 13.1. The number of benzene rings is 2. The molecule has 0 spiro atoms. The molecular formula is C24H20F3N3O4. The van der Waals surface area contributed by atoms with Crippen molar-refractivity contribution in [3.05, 3.63) is 77.0 Å². The maximum absolute atomic E-state index is 13.1. The molecule has 1 atom stereocenters. The lowest BCUT2D eigenvalue weighted by atomic mass is 9.94. The first-order valence-corrected chi connectivity index (χ1v) is 10.3. The molecule has 10 heteroatoms. The number of hydrogen-bond acceptors (Lipinski definition) is 6. The van der Waals surface area contributed by atoms with Crippen LogP contribution in [0.15, 0.2) is 54.6 Å². The first-order valence-electron chi connectivity index (χ1n) is 10.3. The van der Waals surface area contributed by atoms with Crippen LogP contribution in [0.1, 0.15) is 46.4 Å². The lowest BCUT2D eigenvalue weighted by molar-refractivity contribution is -0.141. The standard InChI is InChI=1S/C24H20F3N3O4/c1-13-7-22(31)34-19-11-16(5-6-18(13)19)29-23(32)15-3-2-4-17(10-15)33-21-9-14(12-28)8-20(30-21)24(25,26)27/h2-6,8-11,13H,7,12,28H2,1H3,(H,29,32). The number of rotatable bonds is 5. The number of nitrogens with zero attached hydrogens (tertiary/aromatic N) is 1. The van der Waals surface area contributed by atoms with Crippen molar-refractivity contribution in [3.63, 3.8) is 0 Å². The summed E-state index contributed by atoms with van der Waals surface area (Å²) in [4.78, 5) is 27.9. The van der Waals surface area contributed by atoms with E-state index in [1.165, 1.54) is 30.3 Å². The molecule has 1 aliphatic rings. The number of ether oxygens (including phenoxy) is 2. The van der Waals surface area contributed by atoms with Gasteiger partial charge in [-0.15, -0.1) is 0 Å². The number of esters is 1. The Bertz CT molecular complexity index is 1260. The van der Waals surface area contributed by atoms with Gasteiger partial charge in [0.15, 0.2) is 0 Å². The summed E-state index contributed by atoms with van der Waals surface area (Å²) in [5, 5.41) is 2.71. The minimum atomic E-state index is -4.66. The molecule has 0 saturated heterocycles. The number of carbonyl (C=O) groups is 2. The van der Waals surface area contributed by atoms with Crippen molar-refractivity contribution in [2.45, 2.75) is 32.0 Å². The molecule has 4 rings (SSSR count). The van der Waals surface area contributed by atoms with Crippen molar-refractivity contribution < 1.29 is 32.2 Å². The summed E-state index contributed by atoms with van der Waals surface area (Å²) in [5.41, 5.74) is 6.06. The van der Waals surface area contributed by atoms with Crippen molar-refractivity contribution in [2.24, 2.45) is 5.73 Å². The molecule has 3 N–H and O–H groups in total. The smallest absolute Gasteiger partial charge is 0.433 e. The molecule has 0 bridgehead atoms. The number of amides is 1. The third-order valence-electron chi connectivity index (χ3n) is 5.21. The van der Waals surface area contributed by atoms with Crippen LogP contribution in [-0.4, -0.2) is 16.9 Å². The van der Waals surface area contributed by atoms with Gasteiger partial charge in [-0.3, -0.25) is 9.59 Å². The average molecular weight is 471 g/mol. The number of alkyl halides is 3. The largest absolute Gasteiger partial charge is 0.439 e. The van der Waals surface area contributed by atoms with Crippen LogP contribution in [0.3, 0.4) is 0 Å². The highest BCUT2D eigenvalue weighted by Gasteiger charge is 2.33. The third-order valence-corrected chi connectivity index (χ3v) is 5.21. The van der Waals surface area contributed by atoms with E-state index >= 15 is 0 Å². The minimum Gasteiger partial charge on any atom is -0.439 e. The Morgan fingerprint density at radius 3 is 2.74 bits per heavy atom. The van der Waals surface area contributed by atoms with Crippen LogP contribution < -0.4 is 20.5 Å². The van der Waals surface area contributed by atoms with Crippen molar-refractivity contribution in [1.82, 2.24) is 4.98 Å². The predicted molar refractivity (Wildman–Crippen MR) is 117 cm³/mol. The zero-order valence-corrected chi connectivity index (χ0v) is 18.0. The second kappa shape index (κ2) is 9.14. The van der Waals surface area contributed by atoms with E-state index in [4.69, 9.17) is 15.2 Å². The van der Waals surface area contributed by atoms with Crippen molar-refractivity contribution in [2.75, 3.05) is 5.32 Å². The maximum atomic E-state index is 13.1. The van der Waals surface area contributed by atoms with E-state index in [0.717, 1.165) is 11.6 Å². The Morgan fingerprint density at radius 2 is 2.00 bits per heavy atom. The van der Waals surface area contributed by atoms with Crippen molar-refractivity contribution in [3.8, 4) is 17.4 Å². The molecule has 2 aromatic carbocycles. The maximum Gasteiger partial charge on any atom is 0.433 e. The highest BCUT2D eigenvalue weighted by Crippen LogP contribution is 2.36. The van der Waals surface area contributed by atoms with Gasteiger partial charge in [-0.05, 0) is 47.4 Å². The number of nitrogens with two attached hydrogens (primary N) is 1. The SMILES string of the molecule is CC1CC(=O)Oc2cc(NC(=O)c3cccc(Oc4cc(CN)cc(C(F)(F)F)n4)c3)ccc21. The summed E-state index contributed by atoms with van der Waals surface area (Å²) in [7, 11) is 0. The molecule has 3 aromatic rings. The van der Waals surface area contributed by atoms with Crippen LogP contribution in [0.25, 0.3) is 0 Å². The number of hydrogen-bond donors (Lipinski definition) is 2. The van der Waals surface area contributed by atoms with Gasteiger partial charge in [0.05, 0.1) is 6.42 Å². The highest BCUT2D eigenvalue weighted by atomic mass is 19.4. The van der Waals surface area contributed by atoms with E-state index in [1.54, 1.807) is 18.2 Å². The summed E-state index contributed by atoms with van der Waals surface area (Å²) < 4.78 is 50.1. The number of aromatic nitrogens is 1. The summed E-state index contributed by atoms with van der Waals surface area (Å²) >= 11 is 0. The molecule has 1 unspecified atom stereocenters. The molecule has 0 radical (unpaired) electrons. The Labute approximate surface area is 192 Å². The molecular weight excluding hydrogens is 451 g/mol. The lowest BCUT2D eigenvalue weighted by Gasteiger charge is -2.22. The molecule has 0 aliphatic carbocycles. The monoisotopic (exact) mass is 471 g/mol. The quantitative estimate of drug-likeness (QED) is 0.400. The molecule has 1 aromatic heterocycles. The van der Waals surface area contributed by atoms with Crippen molar-refractivity contribution >= 4 is 17.6 Å². The molecule has 2 heterocycles.